The summed E-state index contributed by atoms with van der Waals surface area (Å²) >= 11 is 11.6. The second-order valence-electron chi connectivity index (χ2n) is 30.1. The number of carbonyl (C=O) groups excluding carboxylic acids is 2. The third-order valence-electron chi connectivity index (χ3n) is 23.3. The molecule has 2 nitrogen and oxygen atoms in total. The molecule has 8 heteroatoms. The van der Waals surface area contributed by atoms with Crippen molar-refractivity contribution in [1.82, 2.24) is 0 Å². The molecule has 0 saturated heterocycles. The van der Waals surface area contributed by atoms with E-state index in [9.17, 15) is 0 Å². The molecule has 6 heterocycles. The normalized spacial score (nSPS) is 24.0. The van der Waals surface area contributed by atoms with E-state index in [0.29, 0.717) is 58.9 Å². The number of thiophene rings is 6. The second-order valence-corrected chi connectivity index (χ2v) is 37.1. The van der Waals surface area contributed by atoms with Gasteiger partial charge in [0.1, 0.15) is 11.6 Å². The Bertz CT molecular complexity index is 2960. The molecule has 0 aliphatic heterocycles. The summed E-state index contributed by atoms with van der Waals surface area (Å²) in [5.41, 5.74) is 0. The zero-order valence-electron chi connectivity index (χ0n) is 57.5. The molecule has 4 aliphatic rings. The first-order valence-electron chi connectivity index (χ1n) is 38.4. The SMILES string of the molecule is CCCCCCCCCCCCC(CCCCCCCC)CC1CC2C(CC(CC(CCCCCCCC)CCCCCCCCCCCC)C3C(=O)C(c4cc5sc(-c6ccc(-c7ccc(C)s7)s6)cc5s4)CC23)C2CC(c3cc4sc(C)cc4s3)C(=O)C12. The standard InChI is InChI=1S/C82H122O2S6/c1-7-11-15-19-23-25-27-29-33-37-41-59(39-35-31-21-17-13-9-3)48-61-50-64-63(65-52-67(81(83)79(61)65)72-54-76-74(88-72)47-58(6)86-76)51-62(49-60(40-36-32-22-18-14-10-4)42-38-34-30-28-26-24-20-16-12-8-2)80-66(64)53-68(82(80)84)73-55-77-78(89-73)56-75(90-77)71-46-45-70(87-71)69-44-43-57(5)85-69/h43-47,54-56,59-68,79-80H,7-42,48-53H2,1-6H3. The molecule has 0 radical (unpaired) electrons. The molecule has 4 fully saturated rings. The molecule has 12 unspecified atom stereocenters. The number of rotatable bonds is 44. The van der Waals surface area contributed by atoms with Crippen molar-refractivity contribution in [3.8, 4) is 19.5 Å². The van der Waals surface area contributed by atoms with Gasteiger partial charge >= 0.3 is 0 Å². The third kappa shape index (κ3) is 19.2. The minimum Gasteiger partial charge on any atom is -0.299 e. The molecule has 0 amide bonds. The minimum absolute atomic E-state index is 0.0112. The number of unbranched alkanes of at least 4 members (excludes halogenated alkanes) is 28. The maximum atomic E-state index is 16.1. The van der Waals surface area contributed by atoms with Gasteiger partial charge in [0.05, 0.1) is 11.8 Å². The van der Waals surface area contributed by atoms with E-state index < -0.39 is 0 Å². The first kappa shape index (κ1) is 70.8. The summed E-state index contributed by atoms with van der Waals surface area (Å²) in [6, 6.07) is 19.0. The Hall–Kier alpha value is -1.94. The molecule has 4 saturated carbocycles. The van der Waals surface area contributed by atoms with Gasteiger partial charge < -0.3 is 0 Å². The Labute approximate surface area is 573 Å². The van der Waals surface area contributed by atoms with Crippen molar-refractivity contribution in [2.24, 2.45) is 59.2 Å². The second kappa shape index (κ2) is 37.0. The fraction of sp³-hybridized carbons (Fsp3) is 0.732. The number of carbonyl (C=O) groups is 2. The van der Waals surface area contributed by atoms with Crippen LogP contribution >= 0.6 is 68.0 Å². The Morgan fingerprint density at radius 2 is 0.678 bits per heavy atom. The van der Waals surface area contributed by atoms with Gasteiger partial charge in [-0.3, -0.25) is 9.59 Å². The number of hydrogen-bond acceptors (Lipinski definition) is 8. The van der Waals surface area contributed by atoms with Crippen molar-refractivity contribution in [3.63, 3.8) is 0 Å². The van der Waals surface area contributed by atoms with Crippen LogP contribution in [0.5, 0.6) is 0 Å². The largest absolute Gasteiger partial charge is 0.299 e. The molecule has 0 N–H and O–H groups in total. The van der Waals surface area contributed by atoms with Gasteiger partial charge in [-0.25, -0.2) is 0 Å². The van der Waals surface area contributed by atoms with E-state index in [4.69, 9.17) is 0 Å². The molecule has 0 spiro atoms. The summed E-state index contributed by atoms with van der Waals surface area (Å²) in [5, 5.41) is 0. The number of hydrogen-bond donors (Lipinski definition) is 0. The van der Waals surface area contributed by atoms with Crippen molar-refractivity contribution in [3.05, 3.63) is 68.0 Å². The first-order valence-corrected chi connectivity index (χ1v) is 43.3. The summed E-state index contributed by atoms with van der Waals surface area (Å²) < 4.78 is 5.53. The number of fused-ring (bicyclic) bond motifs is 7. The smallest absolute Gasteiger partial charge is 0.144 e. The van der Waals surface area contributed by atoms with Crippen LogP contribution in [0.15, 0.2) is 48.5 Å². The van der Waals surface area contributed by atoms with Gasteiger partial charge in [-0.05, 0) is 148 Å². The van der Waals surface area contributed by atoms with Crippen LogP contribution in [0.3, 0.4) is 0 Å². The number of aryl methyl sites for hydroxylation is 2. The van der Waals surface area contributed by atoms with Gasteiger partial charge in [-0.2, -0.15) is 0 Å². The van der Waals surface area contributed by atoms with Crippen LogP contribution in [-0.4, -0.2) is 11.6 Å². The predicted molar refractivity (Wildman–Crippen MR) is 403 cm³/mol. The van der Waals surface area contributed by atoms with Crippen LogP contribution in [0.25, 0.3) is 38.3 Å². The monoisotopic (exact) mass is 1330 g/mol. The molecule has 6 aromatic rings. The fourth-order valence-electron chi connectivity index (χ4n) is 18.7. The van der Waals surface area contributed by atoms with E-state index in [1.165, 1.54) is 315 Å². The number of ketones is 2. The molecule has 4 aliphatic carbocycles. The highest BCUT2D eigenvalue weighted by Crippen LogP contribution is 2.66. The van der Waals surface area contributed by atoms with Crippen LogP contribution in [0.2, 0.25) is 0 Å². The molecular formula is C82H122O2S6. The Morgan fingerprint density at radius 3 is 1.06 bits per heavy atom. The van der Waals surface area contributed by atoms with Crippen molar-refractivity contribution in [2.75, 3.05) is 0 Å². The molecule has 498 valence electrons. The van der Waals surface area contributed by atoms with Crippen LogP contribution in [-0.2, 0) is 9.59 Å². The fourth-order valence-corrected chi connectivity index (χ4v) is 25.7. The lowest BCUT2D eigenvalue weighted by atomic mass is 9.50. The highest BCUT2D eigenvalue weighted by molar-refractivity contribution is 7.32. The zero-order chi connectivity index (χ0) is 62.6. The summed E-state index contributed by atoms with van der Waals surface area (Å²) in [4.78, 5) is 43.0. The van der Waals surface area contributed by atoms with Crippen LogP contribution in [0.4, 0.5) is 0 Å². The van der Waals surface area contributed by atoms with Gasteiger partial charge in [0.2, 0.25) is 0 Å². The summed E-state index contributed by atoms with van der Waals surface area (Å²) in [7, 11) is 0. The summed E-state index contributed by atoms with van der Waals surface area (Å²) in [6.45, 7) is 13.8. The van der Waals surface area contributed by atoms with E-state index in [0.717, 1.165) is 12.8 Å². The van der Waals surface area contributed by atoms with Crippen LogP contribution in [0.1, 0.15) is 329 Å². The Kier molecular flexibility index (Phi) is 29.1. The summed E-state index contributed by atoms with van der Waals surface area (Å²) in [5.74, 6) is 5.93. The Morgan fingerprint density at radius 1 is 0.333 bits per heavy atom. The van der Waals surface area contributed by atoms with Gasteiger partial charge in [-0.1, -0.05) is 259 Å². The third-order valence-corrected chi connectivity index (χ3v) is 30.5. The molecule has 12 atom stereocenters. The zero-order valence-corrected chi connectivity index (χ0v) is 62.4. The first-order chi connectivity index (χ1) is 44.1. The molecule has 0 bridgehead atoms. The van der Waals surface area contributed by atoms with E-state index in [1.807, 2.05) is 68.0 Å². The lowest BCUT2D eigenvalue weighted by molar-refractivity contribution is -0.135. The van der Waals surface area contributed by atoms with Crippen LogP contribution < -0.4 is 0 Å². The summed E-state index contributed by atoms with van der Waals surface area (Å²) in [6.07, 6.45) is 56.4. The van der Waals surface area contributed by atoms with Gasteiger partial charge in [-0.15, -0.1) is 68.0 Å². The lowest BCUT2D eigenvalue weighted by Gasteiger charge is -2.53. The van der Waals surface area contributed by atoms with Crippen LogP contribution in [0, 0.1) is 73.0 Å². The quantitative estimate of drug-likeness (QED) is 0.0357. The molecular weight excluding hydrogens is 1210 g/mol. The Balaban J connectivity index is 0.932. The highest BCUT2D eigenvalue weighted by Gasteiger charge is 2.62. The highest BCUT2D eigenvalue weighted by atomic mass is 32.1. The van der Waals surface area contributed by atoms with E-state index in [1.54, 1.807) is 0 Å². The topological polar surface area (TPSA) is 34.1 Å². The predicted octanol–water partition coefficient (Wildman–Crippen LogP) is 29.0. The number of Topliss-reactive ketones (excluding diaryl/α,β-unsaturated/α-hetero) is 2. The average molecular weight is 1330 g/mol. The van der Waals surface area contributed by atoms with Gasteiger partial charge in [0.25, 0.3) is 0 Å². The van der Waals surface area contributed by atoms with E-state index in [2.05, 4.69) is 90.1 Å². The molecule has 0 aromatic carbocycles. The maximum Gasteiger partial charge on any atom is 0.144 e. The minimum atomic E-state index is 0.0112. The van der Waals surface area contributed by atoms with Crippen molar-refractivity contribution >= 4 is 98.4 Å². The van der Waals surface area contributed by atoms with Crippen molar-refractivity contribution in [2.45, 2.75) is 323 Å². The van der Waals surface area contributed by atoms with Gasteiger partial charge in [0, 0.05) is 69.7 Å². The van der Waals surface area contributed by atoms with Crippen molar-refractivity contribution < 1.29 is 9.59 Å². The molecule has 10 rings (SSSR count). The van der Waals surface area contributed by atoms with E-state index >= 15 is 9.59 Å². The van der Waals surface area contributed by atoms with E-state index in [-0.39, 0.29) is 23.7 Å². The van der Waals surface area contributed by atoms with Crippen molar-refractivity contribution in [1.29, 1.82) is 0 Å². The van der Waals surface area contributed by atoms with Gasteiger partial charge in [0.15, 0.2) is 0 Å². The average Bonchev–Trinajstić information content (AvgIpc) is 2.02. The lowest BCUT2D eigenvalue weighted by Crippen LogP contribution is -2.49. The maximum absolute atomic E-state index is 16.1. The molecule has 90 heavy (non-hydrogen) atoms. The molecule has 6 aromatic heterocycles.